The van der Waals surface area contributed by atoms with Crippen molar-refractivity contribution in [1.29, 1.82) is 0 Å². The van der Waals surface area contributed by atoms with Crippen LogP contribution in [0.25, 0.3) is 0 Å². The summed E-state index contributed by atoms with van der Waals surface area (Å²) in [6.07, 6.45) is 4.57. The van der Waals surface area contributed by atoms with E-state index in [4.69, 9.17) is 11.6 Å². The summed E-state index contributed by atoms with van der Waals surface area (Å²) >= 11 is 6.26. The highest BCUT2D eigenvalue weighted by Gasteiger charge is 2.50. The minimum Gasteiger partial charge on any atom is -0.272 e. The van der Waals surface area contributed by atoms with E-state index in [0.717, 1.165) is 16.1 Å². The summed E-state index contributed by atoms with van der Waals surface area (Å²) in [5.41, 5.74) is 0.270. The van der Waals surface area contributed by atoms with Crippen LogP contribution in [0.3, 0.4) is 0 Å². The highest BCUT2D eigenvalue weighted by molar-refractivity contribution is 6.31. The number of fused-ring (bicyclic) bond motifs is 1. The summed E-state index contributed by atoms with van der Waals surface area (Å²) in [5.74, 6) is -2.65. The average Bonchev–Trinajstić information content (AvgIpc) is 3.03. The Labute approximate surface area is 182 Å². The number of benzene rings is 2. The van der Waals surface area contributed by atoms with E-state index in [1.165, 1.54) is 18.2 Å². The normalized spacial score (nSPS) is 20.0. The molecular formula is C22H18ClN3O5. The van der Waals surface area contributed by atoms with Gasteiger partial charge in [0.2, 0.25) is 0 Å². The van der Waals surface area contributed by atoms with Crippen molar-refractivity contribution in [3.8, 4) is 0 Å². The molecule has 2 aromatic carbocycles. The van der Waals surface area contributed by atoms with Crippen LogP contribution in [-0.2, 0) is 16.1 Å². The standard InChI is InChI=1S/C22H18ClN3O5/c23-19-11-4-1-6-15(19)13-24(20(27)14-7-5-8-16(12-14)26(30)31)25-21(28)17-9-2-3-10-18(17)22(25)29/h1-8,11-12,17-18H,9-10,13H2/t17-,18+. The summed E-state index contributed by atoms with van der Waals surface area (Å²) in [7, 11) is 0. The Morgan fingerprint density at radius 3 is 2.32 bits per heavy atom. The molecule has 0 radical (unpaired) electrons. The van der Waals surface area contributed by atoms with Crippen molar-refractivity contribution < 1.29 is 19.3 Å². The van der Waals surface area contributed by atoms with Crippen molar-refractivity contribution in [3.63, 3.8) is 0 Å². The molecule has 9 heteroatoms. The summed E-state index contributed by atoms with van der Waals surface area (Å²) < 4.78 is 0. The molecule has 2 aromatic rings. The van der Waals surface area contributed by atoms with Gasteiger partial charge in [0.15, 0.2) is 0 Å². The van der Waals surface area contributed by atoms with Gasteiger partial charge in [-0.1, -0.05) is 48.0 Å². The Hall–Kier alpha value is -3.52. The van der Waals surface area contributed by atoms with Gasteiger partial charge in [-0.15, -0.1) is 0 Å². The maximum atomic E-state index is 13.4. The van der Waals surface area contributed by atoms with Crippen molar-refractivity contribution in [2.45, 2.75) is 19.4 Å². The molecule has 0 N–H and O–H groups in total. The van der Waals surface area contributed by atoms with Crippen molar-refractivity contribution in [2.75, 3.05) is 0 Å². The van der Waals surface area contributed by atoms with Crippen molar-refractivity contribution >= 4 is 35.0 Å². The van der Waals surface area contributed by atoms with Crippen LogP contribution in [0.15, 0.2) is 60.7 Å². The lowest BCUT2D eigenvalue weighted by Gasteiger charge is -2.31. The molecule has 31 heavy (non-hydrogen) atoms. The predicted molar refractivity (Wildman–Crippen MR) is 112 cm³/mol. The number of halogens is 1. The lowest BCUT2D eigenvalue weighted by molar-refractivity contribution is -0.384. The first-order valence-corrected chi connectivity index (χ1v) is 10.1. The fraction of sp³-hybridized carbons (Fsp3) is 0.227. The number of hydrogen-bond donors (Lipinski definition) is 0. The summed E-state index contributed by atoms with van der Waals surface area (Å²) in [4.78, 5) is 50.2. The molecule has 1 aliphatic carbocycles. The van der Waals surface area contributed by atoms with Gasteiger partial charge in [0.05, 0.1) is 23.3 Å². The molecule has 2 aliphatic rings. The number of nitro benzene ring substituents is 1. The fourth-order valence-electron chi connectivity index (χ4n) is 3.94. The van der Waals surface area contributed by atoms with Gasteiger partial charge >= 0.3 is 0 Å². The Morgan fingerprint density at radius 1 is 1.06 bits per heavy atom. The summed E-state index contributed by atoms with van der Waals surface area (Å²) in [6, 6.07) is 12.0. The molecule has 2 atom stereocenters. The number of hydrazine groups is 1. The monoisotopic (exact) mass is 439 g/mol. The van der Waals surface area contributed by atoms with Gasteiger partial charge in [0, 0.05) is 22.7 Å². The van der Waals surface area contributed by atoms with E-state index >= 15 is 0 Å². The molecule has 0 unspecified atom stereocenters. The predicted octanol–water partition coefficient (Wildman–Crippen LogP) is 3.76. The van der Waals surface area contributed by atoms with Crippen molar-refractivity contribution in [3.05, 3.63) is 86.9 Å². The van der Waals surface area contributed by atoms with Gasteiger partial charge in [0.1, 0.15) is 0 Å². The summed E-state index contributed by atoms with van der Waals surface area (Å²) in [5, 5.41) is 13.5. The molecule has 1 saturated heterocycles. The van der Waals surface area contributed by atoms with Crippen LogP contribution >= 0.6 is 11.6 Å². The third-order valence-electron chi connectivity index (χ3n) is 5.54. The first-order valence-electron chi connectivity index (χ1n) is 9.71. The lowest BCUT2D eigenvalue weighted by Crippen LogP contribution is -2.49. The van der Waals surface area contributed by atoms with Gasteiger partial charge in [-0.2, -0.15) is 5.01 Å². The second-order valence-corrected chi connectivity index (χ2v) is 7.81. The van der Waals surface area contributed by atoms with Crippen molar-refractivity contribution in [1.82, 2.24) is 10.0 Å². The third-order valence-corrected chi connectivity index (χ3v) is 5.91. The Bertz CT molecular complexity index is 1090. The molecule has 1 heterocycles. The zero-order chi connectivity index (χ0) is 22.1. The van der Waals surface area contributed by atoms with Gasteiger partial charge in [-0.3, -0.25) is 24.5 Å². The number of nitrogens with zero attached hydrogens (tertiary/aromatic N) is 3. The van der Waals surface area contributed by atoms with E-state index in [-0.39, 0.29) is 17.8 Å². The molecule has 1 aliphatic heterocycles. The SMILES string of the molecule is O=C(c1cccc([N+](=O)[O-])c1)N(Cc1ccccc1Cl)N1C(=O)[C@H]2CC=CC[C@H]2C1=O. The van der Waals surface area contributed by atoms with Crippen LogP contribution in [0.5, 0.6) is 0 Å². The number of non-ortho nitro benzene ring substituents is 1. The first kappa shape index (κ1) is 20.7. The van der Waals surface area contributed by atoms with Crippen LogP contribution in [0.4, 0.5) is 5.69 Å². The van der Waals surface area contributed by atoms with Crippen LogP contribution in [-0.4, -0.2) is 32.7 Å². The molecule has 4 rings (SSSR count). The number of hydrogen-bond acceptors (Lipinski definition) is 5. The number of imide groups is 1. The van der Waals surface area contributed by atoms with Crippen LogP contribution in [0.1, 0.15) is 28.8 Å². The number of allylic oxidation sites excluding steroid dienone is 2. The molecule has 0 bridgehead atoms. The zero-order valence-electron chi connectivity index (χ0n) is 16.3. The largest absolute Gasteiger partial charge is 0.273 e. The smallest absolute Gasteiger partial charge is 0.272 e. The van der Waals surface area contributed by atoms with Gasteiger partial charge < -0.3 is 0 Å². The number of carbonyl (C=O) groups excluding carboxylic acids is 3. The Balaban J connectivity index is 1.75. The summed E-state index contributed by atoms with van der Waals surface area (Å²) in [6.45, 7) is -0.133. The number of rotatable bonds is 5. The third kappa shape index (κ3) is 3.82. The minimum atomic E-state index is -0.697. The second kappa shape index (κ2) is 8.31. The minimum absolute atomic E-state index is 0.00477. The lowest BCUT2D eigenvalue weighted by atomic mass is 9.85. The maximum Gasteiger partial charge on any atom is 0.273 e. The van der Waals surface area contributed by atoms with Gasteiger partial charge in [-0.25, -0.2) is 5.01 Å². The fourth-order valence-corrected chi connectivity index (χ4v) is 4.14. The highest BCUT2D eigenvalue weighted by atomic mass is 35.5. The molecule has 0 aromatic heterocycles. The molecule has 1 fully saturated rings. The number of nitro groups is 1. The average molecular weight is 440 g/mol. The van der Waals surface area contributed by atoms with E-state index in [9.17, 15) is 24.5 Å². The molecule has 8 nitrogen and oxygen atoms in total. The second-order valence-electron chi connectivity index (χ2n) is 7.41. The van der Waals surface area contributed by atoms with Gasteiger partial charge in [-0.05, 0) is 30.5 Å². The van der Waals surface area contributed by atoms with E-state index in [2.05, 4.69) is 0 Å². The van der Waals surface area contributed by atoms with Gasteiger partial charge in [0.25, 0.3) is 23.4 Å². The van der Waals surface area contributed by atoms with E-state index in [1.807, 2.05) is 12.2 Å². The molecular weight excluding hydrogens is 422 g/mol. The topological polar surface area (TPSA) is 101 Å². The molecule has 0 spiro atoms. The first-order chi connectivity index (χ1) is 14.9. The Kier molecular flexibility index (Phi) is 5.56. The number of amides is 3. The Morgan fingerprint density at radius 2 is 1.71 bits per heavy atom. The zero-order valence-corrected chi connectivity index (χ0v) is 17.1. The van der Waals surface area contributed by atoms with Crippen molar-refractivity contribution in [2.24, 2.45) is 11.8 Å². The van der Waals surface area contributed by atoms with Crippen LogP contribution in [0, 0.1) is 22.0 Å². The molecule has 0 saturated carbocycles. The number of carbonyl (C=O) groups is 3. The highest BCUT2D eigenvalue weighted by Crippen LogP contribution is 2.37. The van der Waals surface area contributed by atoms with Crippen LogP contribution in [0.2, 0.25) is 5.02 Å². The quantitative estimate of drug-likeness (QED) is 0.305. The van der Waals surface area contributed by atoms with E-state index in [1.54, 1.807) is 24.3 Å². The van der Waals surface area contributed by atoms with Crippen LogP contribution < -0.4 is 0 Å². The molecule has 158 valence electrons. The maximum absolute atomic E-state index is 13.4. The molecule has 3 amide bonds. The van der Waals surface area contributed by atoms with E-state index in [0.29, 0.717) is 23.4 Å². The van der Waals surface area contributed by atoms with E-state index < -0.39 is 34.5 Å².